The second-order valence-corrected chi connectivity index (χ2v) is 5.48. The summed E-state index contributed by atoms with van der Waals surface area (Å²) in [4.78, 5) is 0. The van der Waals surface area contributed by atoms with Crippen LogP contribution in [0.3, 0.4) is 0 Å². The van der Waals surface area contributed by atoms with E-state index in [4.69, 9.17) is 0 Å². The van der Waals surface area contributed by atoms with Crippen LogP contribution in [0, 0.1) is 11.8 Å². The molecule has 0 aromatic rings. The normalized spacial score (nSPS) is 31.1. The Balaban J connectivity index is 1.98. The van der Waals surface area contributed by atoms with Crippen molar-refractivity contribution in [3.8, 4) is 0 Å². The third-order valence-electron chi connectivity index (χ3n) is 4.63. The molecular formula is C14H22F2. The van der Waals surface area contributed by atoms with Crippen LogP contribution < -0.4 is 0 Å². The van der Waals surface area contributed by atoms with Gasteiger partial charge in [-0.05, 0) is 50.9 Å². The van der Waals surface area contributed by atoms with Crippen LogP contribution in [0.25, 0.3) is 0 Å². The fraction of sp³-hybridized carbons (Fsp3) is 0.857. The molecule has 1 fully saturated rings. The Morgan fingerprint density at radius 3 is 2.31 bits per heavy atom. The van der Waals surface area contributed by atoms with Crippen molar-refractivity contribution in [1.82, 2.24) is 0 Å². The summed E-state index contributed by atoms with van der Waals surface area (Å²) in [6.45, 7) is 4.43. The van der Waals surface area contributed by atoms with Crippen molar-refractivity contribution in [3.05, 3.63) is 11.1 Å². The highest BCUT2D eigenvalue weighted by Crippen LogP contribution is 2.46. The lowest BCUT2D eigenvalue weighted by atomic mass is 9.76. The average Bonchev–Trinajstić information content (AvgIpc) is 2.60. The van der Waals surface area contributed by atoms with Crippen molar-refractivity contribution >= 4 is 0 Å². The molecule has 0 N–H and O–H groups in total. The Hall–Kier alpha value is -0.400. The van der Waals surface area contributed by atoms with Gasteiger partial charge in [0.1, 0.15) is 0 Å². The average molecular weight is 228 g/mol. The molecule has 0 unspecified atom stereocenters. The largest absolute Gasteiger partial charge is 0.248 e. The van der Waals surface area contributed by atoms with Crippen LogP contribution in [-0.4, -0.2) is 5.92 Å². The van der Waals surface area contributed by atoms with E-state index in [2.05, 4.69) is 13.8 Å². The minimum Gasteiger partial charge on any atom is -0.207 e. The predicted octanol–water partition coefficient (Wildman–Crippen LogP) is 4.95. The second kappa shape index (κ2) is 4.46. The maximum Gasteiger partial charge on any atom is 0.248 e. The molecule has 0 heterocycles. The first-order valence-electron chi connectivity index (χ1n) is 6.60. The maximum atomic E-state index is 13.1. The molecule has 1 saturated carbocycles. The van der Waals surface area contributed by atoms with Crippen molar-refractivity contribution in [3.63, 3.8) is 0 Å². The van der Waals surface area contributed by atoms with E-state index in [0.29, 0.717) is 11.8 Å². The van der Waals surface area contributed by atoms with Gasteiger partial charge < -0.3 is 0 Å². The van der Waals surface area contributed by atoms with E-state index in [0.717, 1.165) is 19.3 Å². The van der Waals surface area contributed by atoms with Crippen LogP contribution in [0.1, 0.15) is 58.8 Å². The summed E-state index contributed by atoms with van der Waals surface area (Å²) < 4.78 is 26.2. The Morgan fingerprint density at radius 1 is 1.19 bits per heavy atom. The minimum atomic E-state index is -2.37. The van der Waals surface area contributed by atoms with Crippen molar-refractivity contribution < 1.29 is 8.78 Å². The van der Waals surface area contributed by atoms with Crippen LogP contribution in [0.5, 0.6) is 0 Å². The zero-order valence-electron chi connectivity index (χ0n) is 10.4. The predicted molar refractivity (Wildman–Crippen MR) is 62.6 cm³/mol. The van der Waals surface area contributed by atoms with Gasteiger partial charge >= 0.3 is 0 Å². The van der Waals surface area contributed by atoms with Crippen LogP contribution in [0.2, 0.25) is 0 Å². The van der Waals surface area contributed by atoms with Gasteiger partial charge in [0, 0.05) is 12.8 Å². The monoisotopic (exact) mass is 228 g/mol. The third-order valence-corrected chi connectivity index (χ3v) is 4.63. The Kier molecular flexibility index (Phi) is 3.37. The maximum absolute atomic E-state index is 13.1. The van der Waals surface area contributed by atoms with E-state index in [1.165, 1.54) is 18.4 Å². The molecule has 2 heteroatoms. The molecule has 0 nitrogen and oxygen atoms in total. The third kappa shape index (κ3) is 2.31. The topological polar surface area (TPSA) is 0 Å². The molecule has 0 aromatic heterocycles. The highest BCUT2D eigenvalue weighted by Gasteiger charge is 2.39. The van der Waals surface area contributed by atoms with Crippen molar-refractivity contribution in [2.75, 3.05) is 0 Å². The first kappa shape index (κ1) is 12.1. The van der Waals surface area contributed by atoms with Gasteiger partial charge in [-0.1, -0.05) is 18.1 Å². The van der Waals surface area contributed by atoms with Crippen molar-refractivity contribution in [2.24, 2.45) is 11.8 Å². The number of alkyl halides is 2. The number of hydrogen-bond acceptors (Lipinski definition) is 0. The van der Waals surface area contributed by atoms with E-state index in [1.807, 2.05) is 0 Å². The molecule has 2 rings (SSSR count). The molecule has 0 bridgehead atoms. The van der Waals surface area contributed by atoms with Crippen LogP contribution in [0.15, 0.2) is 11.1 Å². The molecule has 2 aliphatic rings. The molecule has 0 aliphatic heterocycles. The standard InChI is InChI=1S/C14H22F2/c1-3-11-4-5-13(10(11)2)12-6-8-14(15,16)9-7-12/h12-13H,3-9H2,1-2H3/t13-/m1/s1. The van der Waals surface area contributed by atoms with Gasteiger partial charge in [-0.2, -0.15) is 0 Å². The number of allylic oxidation sites excluding steroid dienone is 2. The fourth-order valence-electron chi connectivity index (χ4n) is 3.52. The molecule has 0 aromatic carbocycles. The van der Waals surface area contributed by atoms with Gasteiger partial charge in [0.05, 0.1) is 0 Å². The Labute approximate surface area is 97.1 Å². The zero-order valence-corrected chi connectivity index (χ0v) is 10.4. The highest BCUT2D eigenvalue weighted by atomic mass is 19.3. The van der Waals surface area contributed by atoms with Crippen molar-refractivity contribution in [1.29, 1.82) is 0 Å². The quantitative estimate of drug-likeness (QED) is 0.587. The number of halogens is 2. The van der Waals surface area contributed by atoms with Gasteiger partial charge in [-0.3, -0.25) is 0 Å². The molecule has 0 saturated heterocycles. The summed E-state index contributed by atoms with van der Waals surface area (Å²) in [5, 5.41) is 0. The first-order chi connectivity index (χ1) is 7.53. The van der Waals surface area contributed by atoms with E-state index in [9.17, 15) is 8.78 Å². The molecule has 0 spiro atoms. The molecular weight excluding hydrogens is 206 g/mol. The highest BCUT2D eigenvalue weighted by molar-refractivity contribution is 5.21. The van der Waals surface area contributed by atoms with Crippen LogP contribution >= 0.6 is 0 Å². The number of hydrogen-bond donors (Lipinski definition) is 0. The van der Waals surface area contributed by atoms with Crippen LogP contribution in [0.4, 0.5) is 8.78 Å². The number of rotatable bonds is 2. The van der Waals surface area contributed by atoms with Gasteiger partial charge in [0.25, 0.3) is 0 Å². The Bertz CT molecular complexity index is 281. The SMILES string of the molecule is CCC1=C(C)[C@H](C2CCC(F)(F)CC2)CC1. The lowest BCUT2D eigenvalue weighted by Gasteiger charge is -2.32. The van der Waals surface area contributed by atoms with Crippen molar-refractivity contribution in [2.45, 2.75) is 64.7 Å². The summed E-state index contributed by atoms with van der Waals surface area (Å²) in [5.41, 5.74) is 3.11. The molecule has 16 heavy (non-hydrogen) atoms. The molecule has 0 amide bonds. The van der Waals surface area contributed by atoms with Gasteiger partial charge in [0.15, 0.2) is 0 Å². The summed E-state index contributed by atoms with van der Waals surface area (Å²) in [5.74, 6) is -1.23. The van der Waals surface area contributed by atoms with E-state index >= 15 is 0 Å². The summed E-state index contributed by atoms with van der Waals surface area (Å²) in [7, 11) is 0. The first-order valence-corrected chi connectivity index (χ1v) is 6.60. The lowest BCUT2D eigenvalue weighted by Crippen LogP contribution is -2.28. The second-order valence-electron chi connectivity index (χ2n) is 5.48. The smallest absolute Gasteiger partial charge is 0.207 e. The Morgan fingerprint density at radius 2 is 1.81 bits per heavy atom. The van der Waals surface area contributed by atoms with E-state index < -0.39 is 5.92 Å². The van der Waals surface area contributed by atoms with E-state index in [-0.39, 0.29) is 12.8 Å². The van der Waals surface area contributed by atoms with Gasteiger partial charge in [-0.15, -0.1) is 0 Å². The molecule has 0 radical (unpaired) electrons. The molecule has 92 valence electrons. The lowest BCUT2D eigenvalue weighted by molar-refractivity contribution is -0.0504. The minimum absolute atomic E-state index is 0.114. The van der Waals surface area contributed by atoms with E-state index in [1.54, 1.807) is 5.57 Å². The zero-order chi connectivity index (χ0) is 11.8. The van der Waals surface area contributed by atoms with Crippen LogP contribution in [-0.2, 0) is 0 Å². The van der Waals surface area contributed by atoms with Gasteiger partial charge in [0.2, 0.25) is 5.92 Å². The summed E-state index contributed by atoms with van der Waals surface area (Å²) in [6, 6.07) is 0. The van der Waals surface area contributed by atoms with Gasteiger partial charge in [-0.25, -0.2) is 8.78 Å². The molecule has 1 atom stereocenters. The fourth-order valence-corrected chi connectivity index (χ4v) is 3.52. The summed E-state index contributed by atoms with van der Waals surface area (Å²) >= 11 is 0. The summed E-state index contributed by atoms with van der Waals surface area (Å²) in [6.07, 6.45) is 5.25. The molecule has 2 aliphatic carbocycles.